The van der Waals surface area contributed by atoms with E-state index in [1.165, 1.54) is 17.7 Å². The van der Waals surface area contributed by atoms with Crippen LogP contribution >= 0.6 is 11.3 Å². The third-order valence-corrected chi connectivity index (χ3v) is 3.71. The van der Waals surface area contributed by atoms with Gasteiger partial charge in [0, 0.05) is 6.54 Å². The fourth-order valence-corrected chi connectivity index (χ4v) is 2.51. The number of hydrogen-bond donors (Lipinski definition) is 1. The van der Waals surface area contributed by atoms with Gasteiger partial charge in [-0.25, -0.2) is 4.98 Å². The summed E-state index contributed by atoms with van der Waals surface area (Å²) in [7, 11) is 0. The lowest BCUT2D eigenvalue weighted by atomic mass is 10.1. The lowest BCUT2D eigenvalue weighted by Gasteiger charge is -2.03. The maximum absolute atomic E-state index is 11.7. The number of amides is 1. The Hall–Kier alpha value is -2.14. The fraction of sp³-hybridized carbons (Fsp3) is 0.143. The zero-order chi connectivity index (χ0) is 13.1. The maximum atomic E-state index is 11.7. The van der Waals surface area contributed by atoms with Crippen LogP contribution < -0.4 is 5.32 Å². The van der Waals surface area contributed by atoms with Crippen LogP contribution in [0.15, 0.2) is 46.5 Å². The van der Waals surface area contributed by atoms with Crippen LogP contribution in [-0.4, -0.2) is 17.4 Å². The molecule has 0 saturated heterocycles. The van der Waals surface area contributed by atoms with Crippen molar-refractivity contribution in [2.75, 3.05) is 6.54 Å². The van der Waals surface area contributed by atoms with E-state index < -0.39 is 0 Å². The molecule has 2 aromatic heterocycles. The quantitative estimate of drug-likeness (QED) is 0.794. The van der Waals surface area contributed by atoms with E-state index >= 15 is 0 Å². The van der Waals surface area contributed by atoms with E-state index in [0.717, 1.165) is 28.0 Å². The van der Waals surface area contributed by atoms with Crippen LogP contribution in [0.4, 0.5) is 0 Å². The second kappa shape index (κ2) is 5.24. The van der Waals surface area contributed by atoms with Crippen molar-refractivity contribution in [2.24, 2.45) is 0 Å². The summed E-state index contributed by atoms with van der Waals surface area (Å²) in [5.41, 5.74) is 2.77. The highest BCUT2D eigenvalue weighted by atomic mass is 32.1. The van der Waals surface area contributed by atoms with Crippen LogP contribution in [0.1, 0.15) is 15.2 Å². The third-order valence-electron chi connectivity index (χ3n) is 2.84. The molecule has 0 aliphatic heterocycles. The molecule has 1 N–H and O–H groups in total. The zero-order valence-corrected chi connectivity index (χ0v) is 10.9. The number of hydrogen-bond acceptors (Lipinski definition) is 4. The molecule has 96 valence electrons. The molecule has 3 rings (SSSR count). The van der Waals surface area contributed by atoms with Gasteiger partial charge in [-0.3, -0.25) is 4.79 Å². The molecule has 1 amide bonds. The number of fused-ring (bicyclic) bond motifs is 1. The van der Waals surface area contributed by atoms with Crippen molar-refractivity contribution in [3.63, 3.8) is 0 Å². The molecule has 1 aromatic carbocycles. The number of carbonyl (C=O) groups is 1. The second-order valence-electron chi connectivity index (χ2n) is 4.14. The number of carbonyl (C=O) groups excluding carboxylic acids is 1. The monoisotopic (exact) mass is 272 g/mol. The fourth-order valence-electron chi connectivity index (χ4n) is 1.87. The van der Waals surface area contributed by atoms with Crippen molar-refractivity contribution >= 4 is 28.3 Å². The Morgan fingerprint density at radius 3 is 3.16 bits per heavy atom. The minimum absolute atomic E-state index is 0.0162. The van der Waals surface area contributed by atoms with E-state index in [1.54, 1.807) is 0 Å². The zero-order valence-electron chi connectivity index (χ0n) is 10.1. The lowest BCUT2D eigenvalue weighted by molar-refractivity contribution is 0.0958. The van der Waals surface area contributed by atoms with E-state index in [4.69, 9.17) is 4.42 Å². The molecule has 0 bridgehead atoms. The first-order chi connectivity index (χ1) is 9.33. The van der Waals surface area contributed by atoms with Crippen LogP contribution in [0.3, 0.4) is 0 Å². The molecule has 3 aromatic rings. The smallest absolute Gasteiger partial charge is 0.261 e. The van der Waals surface area contributed by atoms with Gasteiger partial charge in [0.15, 0.2) is 12.0 Å². The van der Waals surface area contributed by atoms with E-state index in [-0.39, 0.29) is 5.91 Å². The molecule has 19 heavy (non-hydrogen) atoms. The molecule has 0 radical (unpaired) electrons. The second-order valence-corrected chi connectivity index (χ2v) is 5.09. The predicted octanol–water partition coefficient (Wildman–Crippen LogP) is 2.86. The Bertz CT molecular complexity index is 688. The molecule has 0 spiro atoms. The standard InChI is InChI=1S/C14H12N2O2S/c17-14(13-2-1-7-19-13)15-6-5-10-3-4-12-11(8-10)16-9-18-12/h1-4,7-9H,5-6H2,(H,15,17). The van der Waals surface area contributed by atoms with Gasteiger partial charge in [0.2, 0.25) is 0 Å². The summed E-state index contributed by atoms with van der Waals surface area (Å²) in [6, 6.07) is 9.57. The highest BCUT2D eigenvalue weighted by Crippen LogP contribution is 2.14. The summed E-state index contributed by atoms with van der Waals surface area (Å²) in [6.07, 6.45) is 2.22. The summed E-state index contributed by atoms with van der Waals surface area (Å²) in [5.74, 6) is -0.0162. The SMILES string of the molecule is O=C(NCCc1ccc2ocnc2c1)c1cccs1. The molecule has 0 atom stereocenters. The number of thiophene rings is 1. The van der Waals surface area contributed by atoms with E-state index in [1.807, 2.05) is 35.7 Å². The first-order valence-electron chi connectivity index (χ1n) is 5.97. The summed E-state index contributed by atoms with van der Waals surface area (Å²) < 4.78 is 5.19. The Balaban J connectivity index is 1.58. The number of benzene rings is 1. The number of aromatic nitrogens is 1. The van der Waals surface area contributed by atoms with Crippen molar-refractivity contribution in [3.8, 4) is 0 Å². The minimum Gasteiger partial charge on any atom is -0.443 e. The topological polar surface area (TPSA) is 55.1 Å². The average molecular weight is 272 g/mol. The Labute approximate surface area is 114 Å². The number of rotatable bonds is 4. The van der Waals surface area contributed by atoms with Crippen molar-refractivity contribution in [2.45, 2.75) is 6.42 Å². The van der Waals surface area contributed by atoms with E-state index in [9.17, 15) is 4.79 Å². The summed E-state index contributed by atoms with van der Waals surface area (Å²) in [5, 5.41) is 4.80. The molecular formula is C14H12N2O2S. The molecule has 2 heterocycles. The molecule has 0 aliphatic carbocycles. The van der Waals surface area contributed by atoms with Gasteiger partial charge in [0.1, 0.15) is 5.52 Å². The van der Waals surface area contributed by atoms with Gasteiger partial charge in [-0.15, -0.1) is 11.3 Å². The van der Waals surface area contributed by atoms with Crippen LogP contribution in [0.25, 0.3) is 11.1 Å². The molecule has 4 nitrogen and oxygen atoms in total. The summed E-state index contributed by atoms with van der Waals surface area (Å²) in [6.45, 7) is 0.611. The normalized spacial score (nSPS) is 10.7. The van der Waals surface area contributed by atoms with Crippen molar-refractivity contribution in [1.29, 1.82) is 0 Å². The van der Waals surface area contributed by atoms with Crippen LogP contribution in [0.2, 0.25) is 0 Å². The van der Waals surface area contributed by atoms with Gasteiger partial charge < -0.3 is 9.73 Å². The molecular weight excluding hydrogens is 260 g/mol. The van der Waals surface area contributed by atoms with Crippen LogP contribution in [0, 0.1) is 0 Å². The molecule has 5 heteroatoms. The van der Waals surface area contributed by atoms with Crippen molar-refractivity contribution in [3.05, 3.63) is 52.5 Å². The van der Waals surface area contributed by atoms with E-state index in [0.29, 0.717) is 6.54 Å². The maximum Gasteiger partial charge on any atom is 0.261 e. The molecule has 0 unspecified atom stereocenters. The Morgan fingerprint density at radius 2 is 2.32 bits per heavy atom. The van der Waals surface area contributed by atoms with E-state index in [2.05, 4.69) is 10.3 Å². The van der Waals surface area contributed by atoms with Gasteiger partial charge in [-0.05, 0) is 35.6 Å². The van der Waals surface area contributed by atoms with Crippen molar-refractivity contribution in [1.82, 2.24) is 10.3 Å². The highest BCUT2D eigenvalue weighted by molar-refractivity contribution is 7.12. The molecule has 0 saturated carbocycles. The average Bonchev–Trinajstić information content (AvgIpc) is 3.09. The first-order valence-corrected chi connectivity index (χ1v) is 6.85. The van der Waals surface area contributed by atoms with Gasteiger partial charge in [-0.1, -0.05) is 12.1 Å². The highest BCUT2D eigenvalue weighted by Gasteiger charge is 2.05. The number of nitrogens with zero attached hydrogens (tertiary/aromatic N) is 1. The van der Waals surface area contributed by atoms with Gasteiger partial charge in [0.05, 0.1) is 4.88 Å². The first kappa shape index (κ1) is 11.9. The summed E-state index contributed by atoms with van der Waals surface area (Å²) in [4.78, 5) is 16.6. The molecule has 0 fully saturated rings. The Morgan fingerprint density at radius 1 is 1.37 bits per heavy atom. The predicted molar refractivity (Wildman–Crippen MR) is 74.4 cm³/mol. The Kier molecular flexibility index (Phi) is 3.29. The van der Waals surface area contributed by atoms with Gasteiger partial charge in [-0.2, -0.15) is 0 Å². The lowest BCUT2D eigenvalue weighted by Crippen LogP contribution is -2.24. The minimum atomic E-state index is -0.0162. The van der Waals surface area contributed by atoms with Crippen molar-refractivity contribution < 1.29 is 9.21 Å². The molecule has 0 aliphatic rings. The number of oxazole rings is 1. The van der Waals surface area contributed by atoms with Gasteiger partial charge in [0.25, 0.3) is 5.91 Å². The van der Waals surface area contributed by atoms with Crippen LogP contribution in [-0.2, 0) is 6.42 Å². The number of nitrogens with one attached hydrogen (secondary N) is 1. The third kappa shape index (κ3) is 2.66. The largest absolute Gasteiger partial charge is 0.443 e. The van der Waals surface area contributed by atoms with Crippen LogP contribution in [0.5, 0.6) is 0 Å². The van der Waals surface area contributed by atoms with Gasteiger partial charge >= 0.3 is 0 Å². The summed E-state index contributed by atoms with van der Waals surface area (Å²) >= 11 is 1.45.